The zero-order valence-corrected chi connectivity index (χ0v) is 21.2. The number of halogens is 1. The van der Waals surface area contributed by atoms with E-state index in [0.717, 1.165) is 10.4 Å². The summed E-state index contributed by atoms with van der Waals surface area (Å²) in [5, 5.41) is 7.86. The van der Waals surface area contributed by atoms with Crippen LogP contribution in [-0.4, -0.2) is 18.9 Å². The van der Waals surface area contributed by atoms with Crippen molar-refractivity contribution in [2.24, 2.45) is 0 Å². The summed E-state index contributed by atoms with van der Waals surface area (Å²) in [4.78, 5) is 27.1. The lowest BCUT2D eigenvalue weighted by Gasteiger charge is -2.15. The van der Waals surface area contributed by atoms with Crippen molar-refractivity contribution in [1.29, 1.82) is 0 Å². The number of carbonyl (C=O) groups is 2. The molecule has 0 saturated carbocycles. The van der Waals surface area contributed by atoms with E-state index in [9.17, 15) is 9.59 Å². The van der Waals surface area contributed by atoms with Gasteiger partial charge in [0, 0.05) is 21.5 Å². The van der Waals surface area contributed by atoms with Crippen molar-refractivity contribution in [3.05, 3.63) is 111 Å². The zero-order chi connectivity index (χ0) is 25.5. The molecular weight excluding hydrogens is 496 g/mol. The minimum absolute atomic E-state index is 0.0790. The Morgan fingerprint density at radius 2 is 1.72 bits per heavy atom. The fraction of sp³-hybridized carbons (Fsp3) is 0.0714. The van der Waals surface area contributed by atoms with Gasteiger partial charge in [0.25, 0.3) is 11.8 Å². The molecule has 0 fully saturated rings. The number of aryl methyl sites for hydroxylation is 1. The van der Waals surface area contributed by atoms with Crippen LogP contribution in [0, 0.1) is 6.92 Å². The molecule has 0 bridgehead atoms. The number of anilines is 1. The lowest BCUT2D eigenvalue weighted by atomic mass is 10.1. The number of ether oxygens (including phenoxy) is 2. The van der Waals surface area contributed by atoms with Crippen molar-refractivity contribution < 1.29 is 19.1 Å². The highest BCUT2D eigenvalue weighted by atomic mass is 35.5. The minimum atomic E-state index is -0.526. The van der Waals surface area contributed by atoms with Gasteiger partial charge in [0.05, 0.1) is 12.8 Å². The molecule has 0 aliphatic heterocycles. The smallest absolute Gasteiger partial charge is 0.272 e. The number of hydrogen-bond acceptors (Lipinski definition) is 5. The van der Waals surface area contributed by atoms with Crippen LogP contribution in [0.3, 0.4) is 0 Å². The maximum Gasteiger partial charge on any atom is 0.272 e. The third-order valence-electron chi connectivity index (χ3n) is 5.10. The van der Waals surface area contributed by atoms with Gasteiger partial charge < -0.3 is 20.1 Å². The molecule has 0 atom stereocenters. The molecule has 0 spiro atoms. The second-order valence-electron chi connectivity index (χ2n) is 7.77. The van der Waals surface area contributed by atoms with Gasteiger partial charge >= 0.3 is 0 Å². The Kier molecular flexibility index (Phi) is 8.05. The highest BCUT2D eigenvalue weighted by Gasteiger charge is 2.18. The van der Waals surface area contributed by atoms with E-state index >= 15 is 0 Å². The maximum atomic E-state index is 13.4. The second-order valence-corrected chi connectivity index (χ2v) is 9.18. The summed E-state index contributed by atoms with van der Waals surface area (Å²) in [5.74, 6) is 0.607. The topological polar surface area (TPSA) is 76.7 Å². The summed E-state index contributed by atoms with van der Waals surface area (Å²) in [6, 6.07) is 22.8. The number of nitrogens with one attached hydrogen (secondary N) is 2. The molecule has 2 N–H and O–H groups in total. The van der Waals surface area contributed by atoms with E-state index in [1.807, 2.05) is 36.6 Å². The normalized spacial score (nSPS) is 11.0. The Hall–Kier alpha value is -4.07. The van der Waals surface area contributed by atoms with Gasteiger partial charge in [-0.25, -0.2) is 0 Å². The van der Waals surface area contributed by atoms with Crippen molar-refractivity contribution in [2.45, 2.75) is 6.92 Å². The zero-order valence-electron chi connectivity index (χ0n) is 19.6. The van der Waals surface area contributed by atoms with Crippen molar-refractivity contribution in [1.82, 2.24) is 5.32 Å². The summed E-state index contributed by atoms with van der Waals surface area (Å²) in [6.07, 6.45) is 1.62. The molecule has 1 aromatic heterocycles. The summed E-state index contributed by atoms with van der Waals surface area (Å²) in [7, 11) is 1.57. The van der Waals surface area contributed by atoms with Crippen LogP contribution in [-0.2, 0) is 4.79 Å². The van der Waals surface area contributed by atoms with E-state index in [-0.39, 0.29) is 5.70 Å². The summed E-state index contributed by atoms with van der Waals surface area (Å²) >= 11 is 7.66. The van der Waals surface area contributed by atoms with Gasteiger partial charge in [-0.1, -0.05) is 41.4 Å². The number of hydrogen-bond donors (Lipinski definition) is 2. The number of carbonyl (C=O) groups excluding carboxylic acids is 2. The lowest BCUT2D eigenvalue weighted by Crippen LogP contribution is -2.30. The summed E-state index contributed by atoms with van der Waals surface area (Å²) in [5.41, 5.74) is 1.89. The third-order valence-corrected chi connectivity index (χ3v) is 6.15. The number of benzene rings is 3. The number of methoxy groups -OCH3 is 1. The van der Waals surface area contributed by atoms with E-state index < -0.39 is 11.8 Å². The van der Waals surface area contributed by atoms with Gasteiger partial charge in [0.2, 0.25) is 0 Å². The predicted octanol–water partition coefficient (Wildman–Crippen LogP) is 6.92. The van der Waals surface area contributed by atoms with Gasteiger partial charge in [-0.05, 0) is 66.9 Å². The molecule has 0 radical (unpaired) electrons. The molecule has 4 rings (SSSR count). The molecule has 36 heavy (non-hydrogen) atoms. The van der Waals surface area contributed by atoms with Crippen molar-refractivity contribution >= 4 is 46.5 Å². The van der Waals surface area contributed by atoms with Gasteiger partial charge in [0.1, 0.15) is 17.2 Å². The summed E-state index contributed by atoms with van der Waals surface area (Å²) < 4.78 is 11.2. The molecule has 0 aliphatic rings. The molecule has 3 aromatic carbocycles. The molecule has 0 aliphatic carbocycles. The number of thiophene rings is 1. The molecule has 182 valence electrons. The SMILES string of the molecule is COc1cccc(Oc2ccc(Cl)cc2NC(=O)/C(=C/c2cccs2)NC(=O)c2ccc(C)cc2)c1. The fourth-order valence-corrected chi connectivity index (χ4v) is 4.07. The molecule has 6 nitrogen and oxygen atoms in total. The Morgan fingerprint density at radius 3 is 2.44 bits per heavy atom. The lowest BCUT2D eigenvalue weighted by molar-refractivity contribution is -0.113. The van der Waals surface area contributed by atoms with E-state index in [1.165, 1.54) is 11.3 Å². The Balaban J connectivity index is 1.60. The fourth-order valence-electron chi connectivity index (χ4n) is 3.24. The molecule has 2 amide bonds. The van der Waals surface area contributed by atoms with E-state index in [0.29, 0.717) is 33.5 Å². The van der Waals surface area contributed by atoms with Crippen molar-refractivity contribution in [2.75, 3.05) is 12.4 Å². The first kappa shape index (κ1) is 25.0. The monoisotopic (exact) mass is 518 g/mol. The molecule has 0 unspecified atom stereocenters. The summed E-state index contributed by atoms with van der Waals surface area (Å²) in [6.45, 7) is 1.94. The third kappa shape index (κ3) is 6.53. The molecule has 0 saturated heterocycles. The maximum absolute atomic E-state index is 13.4. The van der Waals surface area contributed by atoms with Crippen LogP contribution in [0.25, 0.3) is 6.08 Å². The second kappa shape index (κ2) is 11.6. The van der Waals surface area contributed by atoms with Crippen LogP contribution in [0.5, 0.6) is 17.2 Å². The van der Waals surface area contributed by atoms with Crippen LogP contribution in [0.15, 0.2) is 89.9 Å². The van der Waals surface area contributed by atoms with Crippen LogP contribution in [0.2, 0.25) is 5.02 Å². The average Bonchev–Trinajstić information content (AvgIpc) is 3.39. The van der Waals surface area contributed by atoms with Crippen LogP contribution >= 0.6 is 22.9 Å². The van der Waals surface area contributed by atoms with E-state index in [2.05, 4.69) is 10.6 Å². The van der Waals surface area contributed by atoms with E-state index in [1.54, 1.807) is 67.8 Å². The average molecular weight is 519 g/mol. The molecule has 8 heteroatoms. The first-order chi connectivity index (χ1) is 17.4. The predicted molar refractivity (Wildman–Crippen MR) is 144 cm³/mol. The van der Waals surface area contributed by atoms with Crippen molar-refractivity contribution in [3.8, 4) is 17.2 Å². The van der Waals surface area contributed by atoms with Crippen molar-refractivity contribution in [3.63, 3.8) is 0 Å². The molecule has 4 aromatic rings. The Morgan fingerprint density at radius 1 is 0.944 bits per heavy atom. The number of rotatable bonds is 8. The Labute approximate surface area is 218 Å². The van der Waals surface area contributed by atoms with Crippen LogP contribution < -0.4 is 20.1 Å². The van der Waals surface area contributed by atoms with Gasteiger partial charge in [-0.2, -0.15) is 0 Å². The van der Waals surface area contributed by atoms with E-state index in [4.69, 9.17) is 21.1 Å². The van der Waals surface area contributed by atoms with Gasteiger partial charge in [0.15, 0.2) is 5.75 Å². The van der Waals surface area contributed by atoms with Gasteiger partial charge in [-0.3, -0.25) is 9.59 Å². The first-order valence-electron chi connectivity index (χ1n) is 11.0. The van der Waals surface area contributed by atoms with Gasteiger partial charge in [-0.15, -0.1) is 11.3 Å². The van der Waals surface area contributed by atoms with Crippen LogP contribution in [0.1, 0.15) is 20.8 Å². The number of amides is 2. The molecule has 1 heterocycles. The Bertz CT molecular complexity index is 1400. The minimum Gasteiger partial charge on any atom is -0.497 e. The standard InChI is InChI=1S/C28H23ClN2O4S/c1-18-8-10-19(11-9-18)27(32)31-25(17-23-7-4-14-36-23)28(33)30-24-15-20(29)12-13-26(24)35-22-6-3-5-21(16-22)34-2/h3-17H,1-2H3,(H,30,33)(H,31,32)/b25-17-. The molecular formula is C28H23ClN2O4S. The first-order valence-corrected chi connectivity index (χ1v) is 12.2. The highest BCUT2D eigenvalue weighted by Crippen LogP contribution is 2.33. The quantitative estimate of drug-likeness (QED) is 0.248. The van der Waals surface area contributed by atoms with Crippen LogP contribution in [0.4, 0.5) is 5.69 Å². The highest BCUT2D eigenvalue weighted by molar-refractivity contribution is 7.10. The largest absolute Gasteiger partial charge is 0.497 e.